The van der Waals surface area contributed by atoms with Gasteiger partial charge in [-0.25, -0.2) is 0 Å². The Hall–Kier alpha value is -2.80. The minimum absolute atomic E-state index is 0.395. The van der Waals surface area contributed by atoms with Gasteiger partial charge in [-0.15, -0.1) is 0 Å². The Morgan fingerprint density at radius 1 is 1.19 bits per heavy atom. The van der Waals surface area contributed by atoms with Gasteiger partial charge in [0.05, 0.1) is 11.6 Å². The van der Waals surface area contributed by atoms with E-state index in [1.54, 1.807) is 6.07 Å². The molecule has 0 aliphatic carbocycles. The standard InChI is InChI=1S/C20H17F3N2O2/c1-11(26)27-17-7-6-12(10-15(17)20(21,22)23)18-19-14(8-9-24-18)13-4-2-3-5-16(13)25-19/h2-7,10,18,24-25H,8-9H2,1H3. The van der Waals surface area contributed by atoms with Crippen LogP contribution in [0.15, 0.2) is 42.5 Å². The van der Waals surface area contributed by atoms with Crippen molar-refractivity contribution in [3.63, 3.8) is 0 Å². The van der Waals surface area contributed by atoms with E-state index in [9.17, 15) is 18.0 Å². The lowest BCUT2D eigenvalue weighted by atomic mass is 9.93. The van der Waals surface area contributed by atoms with Gasteiger partial charge in [-0.2, -0.15) is 13.2 Å². The Morgan fingerprint density at radius 2 is 1.96 bits per heavy atom. The van der Waals surface area contributed by atoms with Crippen LogP contribution in [0.25, 0.3) is 10.9 Å². The lowest BCUT2D eigenvalue weighted by Crippen LogP contribution is -2.30. The number of esters is 1. The summed E-state index contributed by atoms with van der Waals surface area (Å²) in [6.45, 7) is 1.74. The molecule has 3 aromatic rings. The van der Waals surface area contributed by atoms with E-state index in [0.717, 1.165) is 41.6 Å². The molecule has 0 spiro atoms. The van der Waals surface area contributed by atoms with E-state index in [4.69, 9.17) is 4.74 Å². The van der Waals surface area contributed by atoms with E-state index >= 15 is 0 Å². The van der Waals surface area contributed by atoms with E-state index in [0.29, 0.717) is 12.1 Å². The molecule has 0 saturated carbocycles. The molecule has 1 aliphatic rings. The summed E-state index contributed by atoms with van der Waals surface area (Å²) in [6, 6.07) is 11.3. The summed E-state index contributed by atoms with van der Waals surface area (Å²) in [7, 11) is 0. The van der Waals surface area contributed by atoms with Gasteiger partial charge in [0.2, 0.25) is 0 Å². The zero-order chi connectivity index (χ0) is 19.2. The molecule has 1 unspecified atom stereocenters. The van der Waals surface area contributed by atoms with Crippen molar-refractivity contribution < 1.29 is 22.7 Å². The molecule has 140 valence electrons. The summed E-state index contributed by atoms with van der Waals surface area (Å²) in [5, 5.41) is 4.37. The van der Waals surface area contributed by atoms with Crippen molar-refractivity contribution in [2.45, 2.75) is 25.6 Å². The number of ether oxygens (including phenoxy) is 1. The number of alkyl halides is 3. The van der Waals surface area contributed by atoms with Crippen molar-refractivity contribution >= 4 is 16.9 Å². The van der Waals surface area contributed by atoms with E-state index in [-0.39, 0.29) is 0 Å². The maximum Gasteiger partial charge on any atom is 0.419 e. The fourth-order valence-corrected chi connectivity index (χ4v) is 3.66. The highest BCUT2D eigenvalue weighted by molar-refractivity contribution is 5.85. The minimum Gasteiger partial charge on any atom is -0.426 e. The predicted octanol–water partition coefficient (Wildman–Crippen LogP) is 4.35. The number of benzene rings is 2. The van der Waals surface area contributed by atoms with Gasteiger partial charge >= 0.3 is 12.1 Å². The Bertz CT molecular complexity index is 1020. The van der Waals surface area contributed by atoms with E-state index in [1.165, 1.54) is 6.07 Å². The van der Waals surface area contributed by atoms with Crippen LogP contribution in [0.4, 0.5) is 13.2 Å². The highest BCUT2D eigenvalue weighted by atomic mass is 19.4. The Balaban J connectivity index is 1.82. The van der Waals surface area contributed by atoms with Crippen LogP contribution in [0.1, 0.15) is 35.3 Å². The summed E-state index contributed by atoms with van der Waals surface area (Å²) < 4.78 is 45.2. The molecule has 0 bridgehead atoms. The molecule has 2 heterocycles. The van der Waals surface area contributed by atoms with Gasteiger partial charge in [0.15, 0.2) is 0 Å². The van der Waals surface area contributed by atoms with Crippen LogP contribution >= 0.6 is 0 Å². The first-order chi connectivity index (χ1) is 12.8. The molecule has 2 aromatic carbocycles. The number of aromatic amines is 1. The first kappa shape index (κ1) is 17.6. The second-order valence-corrected chi connectivity index (χ2v) is 6.55. The second-order valence-electron chi connectivity index (χ2n) is 6.55. The number of hydrogen-bond acceptors (Lipinski definition) is 3. The third-order valence-electron chi connectivity index (χ3n) is 4.75. The number of H-pyrrole nitrogens is 1. The molecule has 1 aliphatic heterocycles. The number of para-hydroxylation sites is 1. The van der Waals surface area contributed by atoms with Crippen molar-refractivity contribution in [1.82, 2.24) is 10.3 Å². The van der Waals surface area contributed by atoms with Crippen LogP contribution < -0.4 is 10.1 Å². The summed E-state index contributed by atoms with van der Waals surface area (Å²) in [6.07, 6.45) is -3.83. The molecule has 0 fully saturated rings. The molecule has 27 heavy (non-hydrogen) atoms. The van der Waals surface area contributed by atoms with Crippen molar-refractivity contribution in [3.05, 3.63) is 64.8 Å². The van der Waals surface area contributed by atoms with Gasteiger partial charge in [0, 0.05) is 30.1 Å². The number of halogens is 3. The fraction of sp³-hybridized carbons (Fsp3) is 0.250. The molecular weight excluding hydrogens is 357 g/mol. The number of rotatable bonds is 2. The van der Waals surface area contributed by atoms with Crippen molar-refractivity contribution in [3.8, 4) is 5.75 Å². The lowest BCUT2D eigenvalue weighted by Gasteiger charge is -2.26. The highest BCUT2D eigenvalue weighted by Gasteiger charge is 2.36. The SMILES string of the molecule is CC(=O)Oc1ccc(C2NCCc3c2[nH]c2ccccc32)cc1C(F)(F)F. The molecule has 4 nitrogen and oxygen atoms in total. The van der Waals surface area contributed by atoms with E-state index in [2.05, 4.69) is 10.3 Å². The molecule has 0 saturated heterocycles. The first-order valence-corrected chi connectivity index (χ1v) is 8.57. The van der Waals surface area contributed by atoms with Crippen molar-refractivity contribution in [2.24, 2.45) is 0 Å². The third kappa shape index (κ3) is 3.19. The maximum atomic E-state index is 13.5. The topological polar surface area (TPSA) is 54.1 Å². The predicted molar refractivity (Wildman–Crippen MR) is 94.6 cm³/mol. The number of carbonyl (C=O) groups is 1. The van der Waals surface area contributed by atoms with Gasteiger partial charge in [0.1, 0.15) is 5.75 Å². The van der Waals surface area contributed by atoms with Gasteiger partial charge in [-0.1, -0.05) is 24.3 Å². The molecule has 7 heteroatoms. The fourth-order valence-electron chi connectivity index (χ4n) is 3.66. The molecule has 0 radical (unpaired) electrons. The number of carbonyl (C=O) groups excluding carboxylic acids is 1. The number of fused-ring (bicyclic) bond motifs is 3. The number of nitrogens with one attached hydrogen (secondary N) is 2. The molecule has 0 amide bonds. The molecule has 4 rings (SSSR count). The van der Waals surface area contributed by atoms with Crippen LogP contribution in [-0.4, -0.2) is 17.5 Å². The smallest absolute Gasteiger partial charge is 0.419 e. The van der Waals surface area contributed by atoms with Crippen molar-refractivity contribution in [1.29, 1.82) is 0 Å². The van der Waals surface area contributed by atoms with Crippen LogP contribution in [0, 0.1) is 0 Å². The summed E-state index contributed by atoms with van der Waals surface area (Å²) >= 11 is 0. The summed E-state index contributed by atoms with van der Waals surface area (Å²) in [5.74, 6) is -1.27. The number of aromatic nitrogens is 1. The van der Waals surface area contributed by atoms with E-state index < -0.39 is 29.5 Å². The quantitative estimate of drug-likeness (QED) is 0.518. The van der Waals surface area contributed by atoms with Crippen LogP contribution in [0.3, 0.4) is 0 Å². The first-order valence-electron chi connectivity index (χ1n) is 8.57. The van der Waals surface area contributed by atoms with Crippen LogP contribution in [-0.2, 0) is 17.4 Å². The van der Waals surface area contributed by atoms with Crippen molar-refractivity contribution in [2.75, 3.05) is 6.54 Å². The summed E-state index contributed by atoms with van der Waals surface area (Å²) in [4.78, 5) is 14.5. The molecule has 2 N–H and O–H groups in total. The number of hydrogen-bond donors (Lipinski definition) is 2. The Labute approximate surface area is 153 Å². The van der Waals surface area contributed by atoms with Crippen LogP contribution in [0.5, 0.6) is 5.75 Å². The van der Waals surface area contributed by atoms with Gasteiger partial charge in [-0.05, 0) is 35.7 Å². The average Bonchev–Trinajstić information content (AvgIpc) is 2.99. The zero-order valence-electron chi connectivity index (χ0n) is 14.5. The minimum atomic E-state index is -4.63. The Kier molecular flexibility index (Phi) is 4.19. The lowest BCUT2D eigenvalue weighted by molar-refractivity contribution is -0.141. The highest BCUT2D eigenvalue weighted by Crippen LogP contribution is 2.40. The molecule has 1 aromatic heterocycles. The van der Waals surface area contributed by atoms with Gasteiger partial charge in [-0.3, -0.25) is 4.79 Å². The third-order valence-corrected chi connectivity index (χ3v) is 4.75. The van der Waals surface area contributed by atoms with Gasteiger partial charge in [0.25, 0.3) is 0 Å². The largest absolute Gasteiger partial charge is 0.426 e. The zero-order valence-corrected chi connectivity index (χ0v) is 14.5. The monoisotopic (exact) mass is 374 g/mol. The van der Waals surface area contributed by atoms with Gasteiger partial charge < -0.3 is 15.0 Å². The average molecular weight is 374 g/mol. The normalized spacial score (nSPS) is 17.0. The molecule has 1 atom stereocenters. The molecular formula is C20H17F3N2O2. The van der Waals surface area contributed by atoms with E-state index in [1.807, 2.05) is 24.3 Å². The van der Waals surface area contributed by atoms with Crippen LogP contribution in [0.2, 0.25) is 0 Å². The maximum absolute atomic E-state index is 13.5. The Morgan fingerprint density at radius 3 is 2.70 bits per heavy atom. The second kappa shape index (κ2) is 6.42. The summed E-state index contributed by atoms with van der Waals surface area (Å²) in [5.41, 5.74) is 2.46.